The number of hydrogen-bond donors (Lipinski definition) is 0. The summed E-state index contributed by atoms with van der Waals surface area (Å²) in [5.41, 5.74) is 1.08. The number of nitrogens with zero attached hydrogens (tertiary/aromatic N) is 1. The van der Waals surface area contributed by atoms with Crippen LogP contribution in [-0.4, -0.2) is 5.33 Å². The number of alkyl halides is 1. The molecule has 0 saturated heterocycles. The Kier molecular flexibility index (Phi) is 3.13. The lowest BCUT2D eigenvalue weighted by atomic mass is 10.0. The molecule has 1 aromatic rings. The van der Waals surface area contributed by atoms with Crippen molar-refractivity contribution in [3.63, 3.8) is 0 Å². The van der Waals surface area contributed by atoms with Gasteiger partial charge in [-0.1, -0.05) is 46.3 Å². The van der Waals surface area contributed by atoms with Crippen molar-refractivity contribution in [2.75, 3.05) is 5.33 Å². The summed E-state index contributed by atoms with van der Waals surface area (Å²) < 4.78 is 0. The fraction of sp³-hybridized carbons (Fsp3) is 0.222. The molecule has 1 atom stereocenters. The van der Waals surface area contributed by atoms with Gasteiger partial charge in [0.2, 0.25) is 0 Å². The van der Waals surface area contributed by atoms with Crippen molar-refractivity contribution in [1.29, 1.82) is 5.26 Å². The quantitative estimate of drug-likeness (QED) is 0.688. The second-order valence-electron chi connectivity index (χ2n) is 2.25. The minimum absolute atomic E-state index is 0.0174. The van der Waals surface area contributed by atoms with Crippen molar-refractivity contribution in [1.82, 2.24) is 0 Å². The van der Waals surface area contributed by atoms with Gasteiger partial charge in [-0.25, -0.2) is 0 Å². The van der Waals surface area contributed by atoms with Gasteiger partial charge in [0, 0.05) is 5.33 Å². The van der Waals surface area contributed by atoms with Gasteiger partial charge in [0.1, 0.15) is 0 Å². The van der Waals surface area contributed by atoms with Crippen LogP contribution in [0.5, 0.6) is 0 Å². The highest BCUT2D eigenvalue weighted by Crippen LogP contribution is 2.15. The van der Waals surface area contributed by atoms with Crippen LogP contribution in [0.3, 0.4) is 0 Å². The lowest BCUT2D eigenvalue weighted by Crippen LogP contribution is -1.95. The highest BCUT2D eigenvalue weighted by atomic mass is 79.9. The standard InChI is InChI=1S/C9H8BrN/c10-6-9(7-11)8-4-2-1-3-5-8/h1-5,9H,6H2. The molecule has 0 fully saturated rings. The summed E-state index contributed by atoms with van der Waals surface area (Å²) in [7, 11) is 0. The van der Waals surface area contributed by atoms with Crippen LogP contribution in [0.1, 0.15) is 11.5 Å². The average Bonchev–Trinajstić information content (AvgIpc) is 2.09. The molecule has 0 aliphatic rings. The van der Waals surface area contributed by atoms with Crippen molar-refractivity contribution >= 4 is 15.9 Å². The third-order valence-electron chi connectivity index (χ3n) is 1.51. The van der Waals surface area contributed by atoms with Gasteiger partial charge in [0.25, 0.3) is 0 Å². The predicted octanol–water partition coefficient (Wildman–Crippen LogP) is 2.69. The fourth-order valence-electron chi connectivity index (χ4n) is 0.883. The lowest BCUT2D eigenvalue weighted by molar-refractivity contribution is 1.01. The summed E-state index contributed by atoms with van der Waals surface area (Å²) >= 11 is 3.29. The number of rotatable bonds is 2. The number of halogens is 1. The Bertz CT molecular complexity index is 250. The van der Waals surface area contributed by atoms with Crippen molar-refractivity contribution < 1.29 is 0 Å². The zero-order chi connectivity index (χ0) is 8.10. The molecule has 0 heterocycles. The molecule has 0 saturated carbocycles. The molecule has 2 heteroatoms. The number of benzene rings is 1. The summed E-state index contributed by atoms with van der Waals surface area (Å²) in [6.07, 6.45) is 0. The van der Waals surface area contributed by atoms with Gasteiger partial charge in [-0.3, -0.25) is 0 Å². The van der Waals surface area contributed by atoms with E-state index in [4.69, 9.17) is 5.26 Å². The Morgan fingerprint density at radius 1 is 1.36 bits per heavy atom. The first-order valence-electron chi connectivity index (χ1n) is 3.39. The molecule has 1 rings (SSSR count). The molecule has 0 aliphatic carbocycles. The van der Waals surface area contributed by atoms with E-state index in [1.54, 1.807) is 0 Å². The molecule has 0 radical (unpaired) electrons. The maximum atomic E-state index is 8.70. The average molecular weight is 210 g/mol. The molecule has 1 unspecified atom stereocenters. The topological polar surface area (TPSA) is 23.8 Å². The first kappa shape index (κ1) is 8.29. The van der Waals surface area contributed by atoms with E-state index in [9.17, 15) is 0 Å². The van der Waals surface area contributed by atoms with E-state index in [1.165, 1.54) is 0 Å². The Hall–Kier alpha value is -0.810. The fourth-order valence-corrected chi connectivity index (χ4v) is 1.40. The highest BCUT2D eigenvalue weighted by molar-refractivity contribution is 9.09. The van der Waals surface area contributed by atoms with Gasteiger partial charge in [-0.2, -0.15) is 5.26 Å². The molecule has 56 valence electrons. The molecule has 0 spiro atoms. The van der Waals surface area contributed by atoms with Gasteiger partial charge in [0.05, 0.1) is 12.0 Å². The van der Waals surface area contributed by atoms with Gasteiger partial charge in [0.15, 0.2) is 0 Å². The lowest BCUT2D eigenvalue weighted by Gasteiger charge is -2.02. The first-order valence-corrected chi connectivity index (χ1v) is 4.51. The third-order valence-corrected chi connectivity index (χ3v) is 2.16. The van der Waals surface area contributed by atoms with Crippen molar-refractivity contribution in [3.8, 4) is 6.07 Å². The Balaban J connectivity index is 2.85. The Morgan fingerprint density at radius 3 is 2.45 bits per heavy atom. The normalized spacial score (nSPS) is 12.0. The van der Waals surface area contributed by atoms with E-state index in [2.05, 4.69) is 22.0 Å². The van der Waals surface area contributed by atoms with Crippen LogP contribution >= 0.6 is 15.9 Å². The monoisotopic (exact) mass is 209 g/mol. The van der Waals surface area contributed by atoms with E-state index < -0.39 is 0 Å². The van der Waals surface area contributed by atoms with Gasteiger partial charge in [-0.05, 0) is 5.56 Å². The summed E-state index contributed by atoms with van der Waals surface area (Å²) in [5, 5.41) is 9.40. The minimum Gasteiger partial charge on any atom is -0.198 e. The predicted molar refractivity (Wildman–Crippen MR) is 48.6 cm³/mol. The molecule has 0 aliphatic heterocycles. The SMILES string of the molecule is N#CC(CBr)c1ccccc1. The summed E-state index contributed by atoms with van der Waals surface area (Å²) in [6.45, 7) is 0. The summed E-state index contributed by atoms with van der Waals surface area (Å²) in [4.78, 5) is 0. The minimum atomic E-state index is -0.0174. The molecule has 1 aromatic carbocycles. The molecular weight excluding hydrogens is 202 g/mol. The third kappa shape index (κ3) is 2.06. The number of nitriles is 1. The van der Waals surface area contributed by atoms with Crippen LogP contribution in [0.25, 0.3) is 0 Å². The summed E-state index contributed by atoms with van der Waals surface area (Å²) in [5.74, 6) is -0.0174. The zero-order valence-corrected chi connectivity index (χ0v) is 7.58. The summed E-state index contributed by atoms with van der Waals surface area (Å²) in [6, 6.07) is 12.0. The van der Waals surface area contributed by atoms with E-state index in [0.29, 0.717) is 5.33 Å². The van der Waals surface area contributed by atoms with Crippen LogP contribution < -0.4 is 0 Å². The molecular formula is C9H8BrN. The van der Waals surface area contributed by atoms with Crippen LogP contribution in [0.4, 0.5) is 0 Å². The first-order chi connectivity index (χ1) is 5.38. The van der Waals surface area contributed by atoms with E-state index >= 15 is 0 Å². The van der Waals surface area contributed by atoms with Crippen LogP contribution in [0.2, 0.25) is 0 Å². The van der Waals surface area contributed by atoms with E-state index in [-0.39, 0.29) is 5.92 Å². The van der Waals surface area contributed by atoms with E-state index in [1.807, 2.05) is 30.3 Å². The molecule has 0 bridgehead atoms. The Morgan fingerprint density at radius 2 is 2.00 bits per heavy atom. The van der Waals surface area contributed by atoms with Crippen LogP contribution in [-0.2, 0) is 0 Å². The van der Waals surface area contributed by atoms with Crippen LogP contribution in [0.15, 0.2) is 30.3 Å². The van der Waals surface area contributed by atoms with Gasteiger partial charge >= 0.3 is 0 Å². The second-order valence-corrected chi connectivity index (χ2v) is 2.89. The highest BCUT2D eigenvalue weighted by Gasteiger charge is 2.06. The molecule has 1 nitrogen and oxygen atoms in total. The maximum absolute atomic E-state index is 8.70. The Labute approximate surface area is 74.8 Å². The largest absolute Gasteiger partial charge is 0.198 e. The zero-order valence-electron chi connectivity index (χ0n) is 6.00. The number of hydrogen-bond acceptors (Lipinski definition) is 1. The van der Waals surface area contributed by atoms with Crippen molar-refractivity contribution in [2.45, 2.75) is 5.92 Å². The molecule has 11 heavy (non-hydrogen) atoms. The van der Waals surface area contributed by atoms with Crippen molar-refractivity contribution in [3.05, 3.63) is 35.9 Å². The molecule has 0 amide bonds. The maximum Gasteiger partial charge on any atom is 0.0809 e. The van der Waals surface area contributed by atoms with Crippen molar-refractivity contribution in [2.24, 2.45) is 0 Å². The van der Waals surface area contributed by atoms with Gasteiger partial charge < -0.3 is 0 Å². The smallest absolute Gasteiger partial charge is 0.0809 e. The van der Waals surface area contributed by atoms with E-state index in [0.717, 1.165) is 5.56 Å². The van der Waals surface area contributed by atoms with Gasteiger partial charge in [-0.15, -0.1) is 0 Å². The second kappa shape index (κ2) is 4.15. The molecule has 0 N–H and O–H groups in total. The van der Waals surface area contributed by atoms with Crippen LogP contribution in [0, 0.1) is 11.3 Å². The molecule has 0 aromatic heterocycles.